The molecular weight excluding hydrogens is 364 g/mol. The molecule has 1 aromatic carbocycles. The van der Waals surface area contributed by atoms with Crippen LogP contribution in [0, 0.1) is 17.8 Å². The fourth-order valence-electron chi connectivity index (χ4n) is 6.08. The van der Waals surface area contributed by atoms with E-state index in [2.05, 4.69) is 38.1 Å². The van der Waals surface area contributed by atoms with Gasteiger partial charge in [-0.05, 0) is 79.9 Å². The van der Waals surface area contributed by atoms with Gasteiger partial charge in [-0.2, -0.15) is 0 Å². The standard InChI is InChI=1S/C29H48O/c1-3-5-6-9-25-15-17-27(18-16-25)28-19-21-29(22-20-28)30-23-7-10-26-13-11-24(8-4-2)12-14-26/h19-22,24-27H,3-18,23H2,1-2H3. The second-order valence-electron chi connectivity index (χ2n) is 10.4. The summed E-state index contributed by atoms with van der Waals surface area (Å²) in [7, 11) is 0. The molecule has 1 heteroatoms. The van der Waals surface area contributed by atoms with Gasteiger partial charge in [0.25, 0.3) is 0 Å². The van der Waals surface area contributed by atoms with Crippen molar-refractivity contribution in [1.82, 2.24) is 0 Å². The highest BCUT2D eigenvalue weighted by Gasteiger charge is 2.22. The fourth-order valence-corrected chi connectivity index (χ4v) is 6.08. The van der Waals surface area contributed by atoms with Crippen LogP contribution in [0.3, 0.4) is 0 Å². The maximum Gasteiger partial charge on any atom is 0.119 e. The first kappa shape index (κ1) is 23.7. The van der Waals surface area contributed by atoms with Gasteiger partial charge in [0.15, 0.2) is 0 Å². The minimum absolute atomic E-state index is 0.782. The van der Waals surface area contributed by atoms with E-state index in [9.17, 15) is 0 Å². The average molecular weight is 413 g/mol. The Morgan fingerprint density at radius 3 is 1.80 bits per heavy atom. The summed E-state index contributed by atoms with van der Waals surface area (Å²) in [5.41, 5.74) is 1.54. The van der Waals surface area contributed by atoms with Gasteiger partial charge in [-0.3, -0.25) is 0 Å². The predicted molar refractivity (Wildman–Crippen MR) is 130 cm³/mol. The van der Waals surface area contributed by atoms with E-state index in [0.717, 1.165) is 36.0 Å². The van der Waals surface area contributed by atoms with E-state index in [-0.39, 0.29) is 0 Å². The Morgan fingerprint density at radius 1 is 0.633 bits per heavy atom. The van der Waals surface area contributed by atoms with Gasteiger partial charge >= 0.3 is 0 Å². The first-order valence-electron chi connectivity index (χ1n) is 13.5. The Labute approximate surface area is 187 Å². The fraction of sp³-hybridized carbons (Fsp3) is 0.793. The third-order valence-corrected chi connectivity index (χ3v) is 8.10. The third kappa shape index (κ3) is 7.93. The SMILES string of the molecule is CCCCCC1CCC(c2ccc(OCCCC3CCC(CCC)CC3)cc2)CC1. The molecule has 0 aliphatic heterocycles. The molecule has 2 aliphatic carbocycles. The van der Waals surface area contributed by atoms with Gasteiger partial charge in [-0.25, -0.2) is 0 Å². The maximum atomic E-state index is 6.07. The van der Waals surface area contributed by atoms with Crippen LogP contribution in [-0.2, 0) is 0 Å². The van der Waals surface area contributed by atoms with Crippen LogP contribution in [0.2, 0.25) is 0 Å². The van der Waals surface area contributed by atoms with Gasteiger partial charge in [0.2, 0.25) is 0 Å². The molecule has 30 heavy (non-hydrogen) atoms. The van der Waals surface area contributed by atoms with E-state index in [4.69, 9.17) is 4.74 Å². The molecule has 0 bridgehead atoms. The normalized spacial score (nSPS) is 27.1. The van der Waals surface area contributed by atoms with E-state index in [1.54, 1.807) is 0 Å². The van der Waals surface area contributed by atoms with Crippen molar-refractivity contribution in [2.75, 3.05) is 6.61 Å². The molecule has 1 aromatic rings. The van der Waals surface area contributed by atoms with Gasteiger partial charge < -0.3 is 4.74 Å². The molecular formula is C29H48O. The van der Waals surface area contributed by atoms with Crippen molar-refractivity contribution in [3.63, 3.8) is 0 Å². The molecule has 2 saturated carbocycles. The zero-order chi connectivity index (χ0) is 21.0. The van der Waals surface area contributed by atoms with E-state index in [1.807, 2.05) is 0 Å². The maximum absolute atomic E-state index is 6.07. The molecule has 170 valence electrons. The van der Waals surface area contributed by atoms with Crippen LogP contribution in [0.5, 0.6) is 5.75 Å². The van der Waals surface area contributed by atoms with E-state index >= 15 is 0 Å². The van der Waals surface area contributed by atoms with Gasteiger partial charge in [0.1, 0.15) is 5.75 Å². The lowest BCUT2D eigenvalue weighted by Crippen LogP contribution is -2.15. The second kappa shape index (κ2) is 13.4. The van der Waals surface area contributed by atoms with Crippen molar-refractivity contribution in [2.24, 2.45) is 17.8 Å². The van der Waals surface area contributed by atoms with Crippen LogP contribution in [0.25, 0.3) is 0 Å². The smallest absolute Gasteiger partial charge is 0.119 e. The minimum atomic E-state index is 0.782. The molecule has 0 radical (unpaired) electrons. The summed E-state index contributed by atoms with van der Waals surface area (Å²) in [5.74, 6) is 4.83. The molecule has 0 N–H and O–H groups in total. The van der Waals surface area contributed by atoms with E-state index in [0.29, 0.717) is 0 Å². The van der Waals surface area contributed by atoms with E-state index in [1.165, 1.54) is 108 Å². The lowest BCUT2D eigenvalue weighted by atomic mass is 9.77. The molecule has 0 heterocycles. The largest absolute Gasteiger partial charge is 0.494 e. The van der Waals surface area contributed by atoms with Crippen molar-refractivity contribution in [3.8, 4) is 5.75 Å². The van der Waals surface area contributed by atoms with Crippen LogP contribution in [0.4, 0.5) is 0 Å². The molecule has 2 aliphatic rings. The van der Waals surface area contributed by atoms with Gasteiger partial charge in [0, 0.05) is 0 Å². The topological polar surface area (TPSA) is 9.23 Å². The monoisotopic (exact) mass is 412 g/mol. The Hall–Kier alpha value is -0.980. The highest BCUT2D eigenvalue weighted by molar-refractivity contribution is 5.29. The third-order valence-electron chi connectivity index (χ3n) is 8.10. The summed E-state index contributed by atoms with van der Waals surface area (Å²) in [6.45, 7) is 5.52. The van der Waals surface area contributed by atoms with Crippen molar-refractivity contribution < 1.29 is 4.74 Å². The van der Waals surface area contributed by atoms with Gasteiger partial charge in [-0.15, -0.1) is 0 Å². The summed E-state index contributed by atoms with van der Waals surface area (Å²) >= 11 is 0. The molecule has 0 saturated heterocycles. The van der Waals surface area contributed by atoms with E-state index < -0.39 is 0 Å². The van der Waals surface area contributed by atoms with Gasteiger partial charge in [-0.1, -0.05) is 90.2 Å². The van der Waals surface area contributed by atoms with Crippen molar-refractivity contribution in [3.05, 3.63) is 29.8 Å². The summed E-state index contributed by atoms with van der Waals surface area (Å²) in [6, 6.07) is 9.12. The van der Waals surface area contributed by atoms with Gasteiger partial charge in [0.05, 0.1) is 6.61 Å². The molecule has 0 spiro atoms. The number of benzene rings is 1. The van der Waals surface area contributed by atoms with Crippen molar-refractivity contribution in [2.45, 2.75) is 122 Å². The summed E-state index contributed by atoms with van der Waals surface area (Å²) in [5, 5.41) is 0. The summed E-state index contributed by atoms with van der Waals surface area (Å²) < 4.78 is 6.07. The Morgan fingerprint density at radius 2 is 1.20 bits per heavy atom. The summed E-state index contributed by atoms with van der Waals surface area (Å²) in [6.07, 6.45) is 22.6. The Kier molecular flexibility index (Phi) is 10.6. The number of unbranched alkanes of at least 4 members (excludes halogenated alkanes) is 2. The molecule has 1 nitrogen and oxygen atoms in total. The zero-order valence-corrected chi connectivity index (χ0v) is 20.0. The van der Waals surface area contributed by atoms with Crippen LogP contribution in [0.15, 0.2) is 24.3 Å². The number of hydrogen-bond acceptors (Lipinski definition) is 1. The highest BCUT2D eigenvalue weighted by Crippen LogP contribution is 2.38. The number of hydrogen-bond donors (Lipinski definition) is 0. The number of rotatable bonds is 12. The van der Waals surface area contributed by atoms with Crippen molar-refractivity contribution >= 4 is 0 Å². The number of ether oxygens (including phenoxy) is 1. The minimum Gasteiger partial charge on any atom is -0.494 e. The van der Waals surface area contributed by atoms with Crippen molar-refractivity contribution in [1.29, 1.82) is 0 Å². The predicted octanol–water partition coefficient (Wildman–Crippen LogP) is 9.31. The Bertz CT molecular complexity index is 546. The molecule has 3 rings (SSSR count). The average Bonchev–Trinajstić information content (AvgIpc) is 2.79. The first-order chi connectivity index (χ1) is 14.8. The molecule has 0 amide bonds. The van der Waals surface area contributed by atoms with Crippen LogP contribution < -0.4 is 4.74 Å². The molecule has 0 atom stereocenters. The quantitative estimate of drug-likeness (QED) is 0.311. The summed E-state index contributed by atoms with van der Waals surface area (Å²) in [4.78, 5) is 0. The lowest BCUT2D eigenvalue weighted by Gasteiger charge is -2.29. The van der Waals surface area contributed by atoms with Crippen LogP contribution in [0.1, 0.15) is 128 Å². The highest BCUT2D eigenvalue weighted by atomic mass is 16.5. The molecule has 0 aromatic heterocycles. The first-order valence-corrected chi connectivity index (χ1v) is 13.5. The molecule has 2 fully saturated rings. The van der Waals surface area contributed by atoms with Crippen LogP contribution in [-0.4, -0.2) is 6.61 Å². The lowest BCUT2D eigenvalue weighted by molar-refractivity contribution is 0.230. The second-order valence-corrected chi connectivity index (χ2v) is 10.4. The zero-order valence-electron chi connectivity index (χ0n) is 20.0. The molecule has 0 unspecified atom stereocenters. The van der Waals surface area contributed by atoms with Crippen LogP contribution >= 0.6 is 0 Å². The Balaban J connectivity index is 1.29.